The number of anilines is 1. The summed E-state index contributed by atoms with van der Waals surface area (Å²) in [6.07, 6.45) is 0.122. The maximum atomic E-state index is 12.3. The number of rotatable bonds is 5. The molecule has 1 saturated heterocycles. The highest BCUT2D eigenvalue weighted by Gasteiger charge is 2.40. The van der Waals surface area contributed by atoms with Crippen LogP contribution in [0, 0.1) is 6.92 Å². The molecule has 1 fully saturated rings. The van der Waals surface area contributed by atoms with Crippen LogP contribution >= 0.6 is 11.8 Å². The van der Waals surface area contributed by atoms with Crippen molar-refractivity contribution < 1.29 is 19.1 Å². The lowest BCUT2D eigenvalue weighted by Gasteiger charge is -2.15. The monoisotopic (exact) mass is 307 g/mol. The first-order valence-electron chi connectivity index (χ1n) is 6.73. The fraction of sp³-hybridized carbons (Fsp3) is 0.400. The van der Waals surface area contributed by atoms with Gasteiger partial charge in [0.25, 0.3) is 0 Å². The number of benzene rings is 1. The number of nitrogens with zero attached hydrogens (tertiary/aromatic N) is 1. The first kappa shape index (κ1) is 15.6. The molecule has 1 heterocycles. The van der Waals surface area contributed by atoms with Gasteiger partial charge in [-0.15, -0.1) is 11.8 Å². The van der Waals surface area contributed by atoms with E-state index in [1.165, 1.54) is 4.90 Å². The molecule has 2 amide bonds. The van der Waals surface area contributed by atoms with Gasteiger partial charge in [-0.05, 0) is 31.5 Å². The van der Waals surface area contributed by atoms with E-state index >= 15 is 0 Å². The van der Waals surface area contributed by atoms with E-state index in [-0.39, 0.29) is 30.0 Å². The summed E-state index contributed by atoms with van der Waals surface area (Å²) in [5.74, 6) is -0.775. The highest BCUT2D eigenvalue weighted by atomic mass is 32.2. The lowest BCUT2D eigenvalue weighted by molar-refractivity contribution is -0.139. The largest absolute Gasteiger partial charge is 0.465 e. The van der Waals surface area contributed by atoms with E-state index < -0.39 is 5.25 Å². The number of ether oxygens (including phenoxy) is 1. The lowest BCUT2D eigenvalue weighted by atomic mass is 10.2. The van der Waals surface area contributed by atoms with E-state index in [1.54, 1.807) is 19.1 Å². The SMILES string of the molecule is CCOC(=O)CS[C@H]1CC(=O)N(c2cccc(C)c2)C1=O. The van der Waals surface area contributed by atoms with Crippen molar-refractivity contribution in [3.05, 3.63) is 29.8 Å². The Morgan fingerprint density at radius 1 is 1.43 bits per heavy atom. The Balaban J connectivity index is 2.05. The summed E-state index contributed by atoms with van der Waals surface area (Å²) in [5.41, 5.74) is 1.57. The van der Waals surface area contributed by atoms with Gasteiger partial charge in [-0.2, -0.15) is 0 Å². The van der Waals surface area contributed by atoms with Crippen molar-refractivity contribution in [2.75, 3.05) is 17.3 Å². The molecule has 21 heavy (non-hydrogen) atoms. The zero-order valence-electron chi connectivity index (χ0n) is 12.0. The first-order valence-corrected chi connectivity index (χ1v) is 7.78. The molecule has 0 aliphatic carbocycles. The van der Waals surface area contributed by atoms with Gasteiger partial charge in [-0.1, -0.05) is 12.1 Å². The number of amides is 2. The van der Waals surface area contributed by atoms with Crippen LogP contribution in [0.5, 0.6) is 0 Å². The van der Waals surface area contributed by atoms with Gasteiger partial charge in [0, 0.05) is 6.42 Å². The van der Waals surface area contributed by atoms with E-state index in [9.17, 15) is 14.4 Å². The van der Waals surface area contributed by atoms with Gasteiger partial charge < -0.3 is 4.74 Å². The number of aryl methyl sites for hydroxylation is 1. The zero-order valence-corrected chi connectivity index (χ0v) is 12.8. The van der Waals surface area contributed by atoms with Gasteiger partial charge in [0.15, 0.2) is 0 Å². The molecule has 6 heteroatoms. The predicted octanol–water partition coefficient (Wildman–Crippen LogP) is 1.92. The molecule has 1 aliphatic rings. The molecule has 5 nitrogen and oxygen atoms in total. The second-order valence-corrected chi connectivity index (χ2v) is 5.91. The third-order valence-electron chi connectivity index (χ3n) is 3.07. The number of carbonyl (C=O) groups is 3. The minimum atomic E-state index is -0.512. The average Bonchev–Trinajstić information content (AvgIpc) is 2.71. The summed E-state index contributed by atoms with van der Waals surface area (Å²) in [4.78, 5) is 36.9. The van der Waals surface area contributed by atoms with Crippen LogP contribution in [0.3, 0.4) is 0 Å². The summed E-state index contributed by atoms with van der Waals surface area (Å²) in [5, 5.41) is -0.512. The average molecular weight is 307 g/mol. The smallest absolute Gasteiger partial charge is 0.315 e. The van der Waals surface area contributed by atoms with Crippen LogP contribution in [0.1, 0.15) is 18.9 Å². The molecule has 0 saturated carbocycles. The summed E-state index contributed by atoms with van der Waals surface area (Å²) in [6, 6.07) is 7.25. The van der Waals surface area contributed by atoms with E-state index in [1.807, 2.05) is 19.1 Å². The molecular weight excluding hydrogens is 290 g/mol. The highest BCUT2D eigenvalue weighted by Crippen LogP contribution is 2.30. The maximum Gasteiger partial charge on any atom is 0.315 e. The molecule has 1 aromatic carbocycles. The van der Waals surface area contributed by atoms with Crippen LogP contribution in [0.2, 0.25) is 0 Å². The Morgan fingerprint density at radius 3 is 2.86 bits per heavy atom. The molecular formula is C15H17NO4S. The number of carbonyl (C=O) groups excluding carboxylic acids is 3. The second kappa shape index (κ2) is 6.76. The van der Waals surface area contributed by atoms with Gasteiger partial charge >= 0.3 is 5.97 Å². The normalized spacial score (nSPS) is 18.2. The van der Waals surface area contributed by atoms with E-state index in [0.717, 1.165) is 17.3 Å². The van der Waals surface area contributed by atoms with Crippen LogP contribution in [0.25, 0.3) is 0 Å². The Kier molecular flexibility index (Phi) is 5.01. The van der Waals surface area contributed by atoms with Crippen molar-refractivity contribution in [1.82, 2.24) is 0 Å². The quantitative estimate of drug-likeness (QED) is 0.614. The van der Waals surface area contributed by atoms with Crippen molar-refractivity contribution >= 4 is 35.2 Å². The third-order valence-corrected chi connectivity index (χ3v) is 4.25. The van der Waals surface area contributed by atoms with Crippen LogP contribution in [0.4, 0.5) is 5.69 Å². The van der Waals surface area contributed by atoms with Crippen molar-refractivity contribution in [2.24, 2.45) is 0 Å². The van der Waals surface area contributed by atoms with Crippen LogP contribution < -0.4 is 4.90 Å². The Hall–Kier alpha value is -1.82. The second-order valence-electron chi connectivity index (χ2n) is 4.72. The molecule has 0 radical (unpaired) electrons. The van der Waals surface area contributed by atoms with Crippen LogP contribution in [0.15, 0.2) is 24.3 Å². The molecule has 2 rings (SSSR count). The fourth-order valence-corrected chi connectivity index (χ4v) is 3.07. The Morgan fingerprint density at radius 2 is 2.19 bits per heavy atom. The van der Waals surface area contributed by atoms with E-state index in [4.69, 9.17) is 4.74 Å². The number of hydrogen-bond donors (Lipinski definition) is 0. The lowest BCUT2D eigenvalue weighted by Crippen LogP contribution is -2.31. The predicted molar refractivity (Wildman–Crippen MR) is 81.2 cm³/mol. The zero-order chi connectivity index (χ0) is 15.4. The van der Waals surface area contributed by atoms with Crippen molar-refractivity contribution in [3.63, 3.8) is 0 Å². The Labute approximate surface area is 127 Å². The van der Waals surface area contributed by atoms with Crippen molar-refractivity contribution in [1.29, 1.82) is 0 Å². The molecule has 112 valence electrons. The van der Waals surface area contributed by atoms with Crippen LogP contribution in [-0.2, 0) is 19.1 Å². The number of hydrogen-bond acceptors (Lipinski definition) is 5. The van der Waals surface area contributed by atoms with Crippen molar-refractivity contribution in [2.45, 2.75) is 25.5 Å². The molecule has 0 bridgehead atoms. The first-order chi connectivity index (χ1) is 10.0. The molecule has 0 unspecified atom stereocenters. The number of imide groups is 1. The molecule has 0 spiro atoms. The van der Waals surface area contributed by atoms with Gasteiger partial charge in [0.05, 0.1) is 23.3 Å². The summed E-state index contributed by atoms with van der Waals surface area (Å²) < 4.78 is 4.82. The third kappa shape index (κ3) is 3.64. The van der Waals surface area contributed by atoms with Crippen molar-refractivity contribution in [3.8, 4) is 0 Å². The summed E-state index contributed by atoms with van der Waals surface area (Å²) in [7, 11) is 0. The number of esters is 1. The van der Waals surface area contributed by atoms with Gasteiger partial charge in [0.1, 0.15) is 0 Å². The molecule has 1 aromatic rings. The molecule has 0 N–H and O–H groups in total. The Bertz CT molecular complexity index is 573. The minimum Gasteiger partial charge on any atom is -0.465 e. The number of thioether (sulfide) groups is 1. The fourth-order valence-electron chi connectivity index (χ4n) is 2.14. The van der Waals surface area contributed by atoms with E-state index in [0.29, 0.717) is 12.3 Å². The van der Waals surface area contributed by atoms with E-state index in [2.05, 4.69) is 0 Å². The minimum absolute atomic E-state index is 0.0825. The molecule has 1 aliphatic heterocycles. The van der Waals surface area contributed by atoms with Crippen LogP contribution in [-0.4, -0.2) is 35.4 Å². The maximum absolute atomic E-state index is 12.3. The molecule has 1 atom stereocenters. The summed E-state index contributed by atoms with van der Waals surface area (Å²) in [6.45, 7) is 3.94. The summed E-state index contributed by atoms with van der Waals surface area (Å²) >= 11 is 1.16. The topological polar surface area (TPSA) is 63.7 Å². The highest BCUT2D eigenvalue weighted by molar-refractivity contribution is 8.01. The van der Waals surface area contributed by atoms with Gasteiger partial charge in [-0.3, -0.25) is 14.4 Å². The standard InChI is InChI=1S/C15H17NO4S/c1-3-20-14(18)9-21-12-8-13(17)16(15(12)19)11-6-4-5-10(2)7-11/h4-7,12H,3,8-9H2,1-2H3/t12-/m0/s1. The van der Waals surface area contributed by atoms with Gasteiger partial charge in [-0.25, -0.2) is 4.90 Å². The molecule has 0 aromatic heterocycles. The van der Waals surface area contributed by atoms with Gasteiger partial charge in [0.2, 0.25) is 11.8 Å².